The van der Waals surface area contributed by atoms with E-state index in [1.54, 1.807) is 19.5 Å². The van der Waals surface area contributed by atoms with Gasteiger partial charge in [0.25, 0.3) is 0 Å². The number of nitrogens with zero attached hydrogens (tertiary/aromatic N) is 1. The Hall–Kier alpha value is -1.17. The van der Waals surface area contributed by atoms with Gasteiger partial charge in [0.05, 0.1) is 13.2 Å². The summed E-state index contributed by atoms with van der Waals surface area (Å²) in [4.78, 5) is 4.09. The fourth-order valence-electron chi connectivity index (χ4n) is 1.61. The number of anilines is 1. The number of nitrogens with two attached hydrogens (primary N) is 1. The molecule has 17 heavy (non-hydrogen) atoms. The van der Waals surface area contributed by atoms with Crippen molar-refractivity contribution in [3.8, 4) is 0 Å². The number of rotatable bonds is 8. The number of ether oxygens (including phenoxy) is 2. The molecule has 1 aromatic rings. The molecule has 1 aromatic heterocycles. The first-order valence-corrected chi connectivity index (χ1v) is 5.73. The third-order valence-corrected chi connectivity index (χ3v) is 2.59. The first-order valence-electron chi connectivity index (χ1n) is 5.73. The van der Waals surface area contributed by atoms with Gasteiger partial charge in [-0.3, -0.25) is 4.98 Å². The summed E-state index contributed by atoms with van der Waals surface area (Å²) >= 11 is 0. The average Bonchev–Trinajstić information content (AvgIpc) is 2.35. The van der Waals surface area contributed by atoms with Crippen molar-refractivity contribution in [3.63, 3.8) is 0 Å². The van der Waals surface area contributed by atoms with Crippen LogP contribution in [-0.4, -0.2) is 39.0 Å². The Balaban J connectivity index is 2.41. The molecular weight excluding hydrogens is 218 g/mol. The molecule has 1 heterocycles. The summed E-state index contributed by atoms with van der Waals surface area (Å²) in [6.45, 7) is 1.91. The van der Waals surface area contributed by atoms with Crippen molar-refractivity contribution in [1.82, 2.24) is 10.3 Å². The van der Waals surface area contributed by atoms with E-state index in [4.69, 9.17) is 15.2 Å². The second-order valence-electron chi connectivity index (χ2n) is 3.74. The Kier molecular flexibility index (Phi) is 6.54. The fraction of sp³-hybridized carbons (Fsp3) is 0.583. The molecule has 0 aliphatic heterocycles. The summed E-state index contributed by atoms with van der Waals surface area (Å²) < 4.78 is 10.3. The molecule has 0 saturated carbocycles. The fourth-order valence-corrected chi connectivity index (χ4v) is 1.61. The maximum absolute atomic E-state index is 5.91. The van der Waals surface area contributed by atoms with E-state index in [2.05, 4.69) is 10.3 Å². The van der Waals surface area contributed by atoms with Gasteiger partial charge in [-0.2, -0.15) is 0 Å². The highest BCUT2D eigenvalue weighted by Crippen LogP contribution is 2.21. The normalized spacial score (nSPS) is 12.6. The molecule has 1 unspecified atom stereocenters. The van der Waals surface area contributed by atoms with Gasteiger partial charge in [-0.05, 0) is 19.5 Å². The number of pyridine rings is 1. The zero-order valence-electron chi connectivity index (χ0n) is 10.5. The number of hydrogen-bond donors (Lipinski definition) is 2. The van der Waals surface area contributed by atoms with Crippen molar-refractivity contribution in [2.45, 2.75) is 12.5 Å². The van der Waals surface area contributed by atoms with Crippen LogP contribution in [-0.2, 0) is 9.47 Å². The van der Waals surface area contributed by atoms with Gasteiger partial charge < -0.3 is 20.5 Å². The van der Waals surface area contributed by atoms with Crippen molar-refractivity contribution in [2.24, 2.45) is 0 Å². The summed E-state index contributed by atoms with van der Waals surface area (Å²) in [6.07, 6.45) is 4.35. The van der Waals surface area contributed by atoms with Gasteiger partial charge in [0, 0.05) is 43.4 Å². The molecule has 0 aliphatic carbocycles. The smallest absolute Gasteiger partial charge is 0.0700 e. The Morgan fingerprint density at radius 2 is 2.24 bits per heavy atom. The minimum Gasteiger partial charge on any atom is -0.398 e. The van der Waals surface area contributed by atoms with E-state index < -0.39 is 0 Å². The lowest BCUT2D eigenvalue weighted by molar-refractivity contribution is 0.0661. The number of hydrogen-bond acceptors (Lipinski definition) is 5. The van der Waals surface area contributed by atoms with Crippen LogP contribution in [0.2, 0.25) is 0 Å². The van der Waals surface area contributed by atoms with Crippen LogP contribution in [0.4, 0.5) is 5.69 Å². The van der Waals surface area contributed by atoms with E-state index >= 15 is 0 Å². The lowest BCUT2D eigenvalue weighted by Crippen LogP contribution is -2.20. The van der Waals surface area contributed by atoms with Crippen LogP contribution in [0, 0.1) is 0 Å². The lowest BCUT2D eigenvalue weighted by Gasteiger charge is -2.17. The lowest BCUT2D eigenvalue weighted by atomic mass is 10.1. The topological polar surface area (TPSA) is 69.4 Å². The van der Waals surface area contributed by atoms with Gasteiger partial charge in [0.2, 0.25) is 0 Å². The first kappa shape index (κ1) is 13.9. The molecule has 5 heteroatoms. The van der Waals surface area contributed by atoms with Crippen LogP contribution in [0.25, 0.3) is 0 Å². The monoisotopic (exact) mass is 239 g/mol. The molecule has 0 radical (unpaired) electrons. The van der Waals surface area contributed by atoms with Crippen LogP contribution in [0.5, 0.6) is 0 Å². The van der Waals surface area contributed by atoms with Gasteiger partial charge >= 0.3 is 0 Å². The van der Waals surface area contributed by atoms with E-state index in [-0.39, 0.29) is 6.04 Å². The minimum absolute atomic E-state index is 0.172. The maximum Gasteiger partial charge on any atom is 0.0700 e. The highest BCUT2D eigenvalue weighted by molar-refractivity contribution is 5.46. The predicted molar refractivity (Wildman–Crippen MR) is 67.8 cm³/mol. The van der Waals surface area contributed by atoms with Crippen molar-refractivity contribution in [1.29, 1.82) is 0 Å². The minimum atomic E-state index is 0.172. The summed E-state index contributed by atoms with van der Waals surface area (Å²) in [5.41, 5.74) is 7.69. The number of nitrogens with one attached hydrogen (secondary N) is 1. The van der Waals surface area contributed by atoms with Gasteiger partial charge in [-0.25, -0.2) is 0 Å². The predicted octanol–water partition coefficient (Wildman–Crippen LogP) is 0.977. The molecule has 5 nitrogen and oxygen atoms in total. The van der Waals surface area contributed by atoms with Crippen molar-refractivity contribution in [3.05, 3.63) is 24.0 Å². The van der Waals surface area contributed by atoms with Crippen LogP contribution >= 0.6 is 0 Å². The van der Waals surface area contributed by atoms with Crippen LogP contribution < -0.4 is 11.1 Å². The van der Waals surface area contributed by atoms with Crippen molar-refractivity contribution in [2.75, 3.05) is 39.7 Å². The van der Waals surface area contributed by atoms with Crippen LogP contribution in [0.1, 0.15) is 18.0 Å². The number of aromatic nitrogens is 1. The van der Waals surface area contributed by atoms with Gasteiger partial charge in [0.1, 0.15) is 0 Å². The third kappa shape index (κ3) is 4.68. The number of methoxy groups -OCH3 is 1. The number of nitrogen functional groups attached to an aromatic ring is 1. The maximum atomic E-state index is 5.91. The summed E-state index contributed by atoms with van der Waals surface area (Å²) in [7, 11) is 3.57. The quantitative estimate of drug-likeness (QED) is 0.662. The summed E-state index contributed by atoms with van der Waals surface area (Å²) in [5.74, 6) is 0. The van der Waals surface area contributed by atoms with E-state index in [1.165, 1.54) is 0 Å². The van der Waals surface area contributed by atoms with E-state index in [9.17, 15) is 0 Å². The molecule has 1 rings (SSSR count). The molecule has 0 aliphatic rings. The van der Waals surface area contributed by atoms with E-state index in [0.29, 0.717) is 19.8 Å². The van der Waals surface area contributed by atoms with Crippen molar-refractivity contribution < 1.29 is 9.47 Å². The first-order chi connectivity index (χ1) is 8.29. The Morgan fingerprint density at radius 3 is 2.88 bits per heavy atom. The van der Waals surface area contributed by atoms with Gasteiger partial charge in [-0.15, -0.1) is 0 Å². The van der Waals surface area contributed by atoms with Crippen molar-refractivity contribution >= 4 is 5.69 Å². The largest absolute Gasteiger partial charge is 0.398 e. The molecule has 0 bridgehead atoms. The standard InChI is InChI=1S/C12H21N3O2/c1-14-12(4-6-17-8-7-16-2)10-9-15-5-3-11(10)13/h3,5,9,12,14H,4,6-8H2,1-2H3,(H2,13,15). The SMILES string of the molecule is CNC(CCOCCOC)c1cnccc1N. The summed E-state index contributed by atoms with van der Waals surface area (Å²) in [6, 6.07) is 1.98. The van der Waals surface area contributed by atoms with Crippen LogP contribution in [0.15, 0.2) is 18.5 Å². The van der Waals surface area contributed by atoms with E-state index in [0.717, 1.165) is 17.7 Å². The summed E-state index contributed by atoms with van der Waals surface area (Å²) in [5, 5.41) is 3.22. The molecule has 0 spiro atoms. The molecule has 0 saturated heterocycles. The second-order valence-corrected chi connectivity index (χ2v) is 3.74. The van der Waals surface area contributed by atoms with Gasteiger partial charge in [-0.1, -0.05) is 0 Å². The molecule has 0 fully saturated rings. The highest BCUT2D eigenvalue weighted by Gasteiger charge is 2.11. The molecule has 0 amide bonds. The molecule has 1 atom stereocenters. The van der Waals surface area contributed by atoms with E-state index in [1.807, 2.05) is 13.1 Å². The highest BCUT2D eigenvalue weighted by atomic mass is 16.5. The Bertz CT molecular complexity index is 320. The molecule has 0 aromatic carbocycles. The average molecular weight is 239 g/mol. The molecular formula is C12H21N3O2. The third-order valence-electron chi connectivity index (χ3n) is 2.59. The Morgan fingerprint density at radius 1 is 1.41 bits per heavy atom. The molecule has 96 valence electrons. The molecule has 3 N–H and O–H groups in total. The van der Waals surface area contributed by atoms with Gasteiger partial charge in [0.15, 0.2) is 0 Å². The van der Waals surface area contributed by atoms with Crippen LogP contribution in [0.3, 0.4) is 0 Å². The second kappa shape index (κ2) is 8.00. The zero-order chi connectivity index (χ0) is 12.5. The zero-order valence-corrected chi connectivity index (χ0v) is 10.5. The Labute approximate surface area is 102 Å².